The molecule has 4 rings (SSSR count). The van der Waals surface area contributed by atoms with Gasteiger partial charge in [0.2, 0.25) is 5.88 Å². The predicted octanol–water partition coefficient (Wildman–Crippen LogP) is 4.97. The molecule has 6 nitrogen and oxygen atoms in total. The zero-order valence-corrected chi connectivity index (χ0v) is 17.6. The van der Waals surface area contributed by atoms with Crippen LogP contribution in [0.3, 0.4) is 0 Å². The summed E-state index contributed by atoms with van der Waals surface area (Å²) in [5.41, 5.74) is 3.90. The highest BCUT2D eigenvalue weighted by molar-refractivity contribution is 5.96. The van der Waals surface area contributed by atoms with Crippen molar-refractivity contribution in [2.45, 2.75) is 33.4 Å². The summed E-state index contributed by atoms with van der Waals surface area (Å²) >= 11 is 0. The number of anilines is 1. The molecule has 2 aromatic heterocycles. The van der Waals surface area contributed by atoms with E-state index in [9.17, 15) is 9.18 Å². The average molecular weight is 418 g/mol. The first kappa shape index (κ1) is 20.5. The SMILES string of the molecule is CCn1nc(C)c2c(-c3ccccc3)cc(O[C@H](C)C(=O)Nc3cccc(F)c3)nc21. The fourth-order valence-electron chi connectivity index (χ4n) is 3.50. The third-order valence-corrected chi connectivity index (χ3v) is 5.00. The number of hydrogen-bond donors (Lipinski definition) is 1. The van der Waals surface area contributed by atoms with Gasteiger partial charge in [0.15, 0.2) is 11.8 Å². The molecule has 4 aromatic rings. The number of carbonyl (C=O) groups excluding carboxylic acids is 1. The Hall–Kier alpha value is -3.74. The van der Waals surface area contributed by atoms with E-state index in [1.807, 2.05) is 54.9 Å². The minimum Gasteiger partial charge on any atom is -0.464 e. The Morgan fingerprint density at radius 2 is 1.94 bits per heavy atom. The lowest BCUT2D eigenvalue weighted by Crippen LogP contribution is -2.30. The van der Waals surface area contributed by atoms with E-state index in [0.29, 0.717) is 23.8 Å². The normalized spacial score (nSPS) is 12.0. The lowest BCUT2D eigenvalue weighted by molar-refractivity contribution is -0.122. The largest absolute Gasteiger partial charge is 0.464 e. The number of carbonyl (C=O) groups is 1. The summed E-state index contributed by atoms with van der Waals surface area (Å²) in [6, 6.07) is 17.5. The van der Waals surface area contributed by atoms with Crippen LogP contribution in [0.25, 0.3) is 22.2 Å². The van der Waals surface area contributed by atoms with Gasteiger partial charge in [-0.25, -0.2) is 9.07 Å². The van der Waals surface area contributed by atoms with Gasteiger partial charge in [-0.1, -0.05) is 36.4 Å². The minimum absolute atomic E-state index is 0.322. The zero-order valence-electron chi connectivity index (χ0n) is 17.6. The second-order valence-corrected chi connectivity index (χ2v) is 7.23. The second-order valence-electron chi connectivity index (χ2n) is 7.23. The first-order chi connectivity index (χ1) is 15.0. The molecule has 1 N–H and O–H groups in total. The topological polar surface area (TPSA) is 69.0 Å². The van der Waals surface area contributed by atoms with E-state index >= 15 is 0 Å². The number of amides is 1. The van der Waals surface area contributed by atoms with E-state index in [0.717, 1.165) is 22.2 Å². The lowest BCUT2D eigenvalue weighted by atomic mass is 10.0. The molecule has 0 aliphatic carbocycles. The van der Waals surface area contributed by atoms with Crippen LogP contribution in [0.1, 0.15) is 19.5 Å². The number of ether oxygens (including phenoxy) is 1. The van der Waals surface area contributed by atoms with Crippen LogP contribution in [-0.2, 0) is 11.3 Å². The molecule has 0 aliphatic heterocycles. The van der Waals surface area contributed by atoms with Gasteiger partial charge in [-0.3, -0.25) is 4.79 Å². The second kappa shape index (κ2) is 8.55. The van der Waals surface area contributed by atoms with Crippen LogP contribution in [0.5, 0.6) is 5.88 Å². The monoisotopic (exact) mass is 418 g/mol. The van der Waals surface area contributed by atoms with Gasteiger partial charge >= 0.3 is 0 Å². The Balaban J connectivity index is 1.68. The highest BCUT2D eigenvalue weighted by Gasteiger charge is 2.20. The van der Waals surface area contributed by atoms with E-state index < -0.39 is 17.8 Å². The fraction of sp³-hybridized carbons (Fsp3) is 0.208. The van der Waals surface area contributed by atoms with Crippen LogP contribution in [0.15, 0.2) is 60.7 Å². The van der Waals surface area contributed by atoms with Crippen molar-refractivity contribution in [2.75, 3.05) is 5.32 Å². The van der Waals surface area contributed by atoms with Crippen LogP contribution in [0, 0.1) is 12.7 Å². The third-order valence-electron chi connectivity index (χ3n) is 5.00. The predicted molar refractivity (Wildman–Crippen MR) is 118 cm³/mol. The van der Waals surface area contributed by atoms with Gasteiger partial charge in [-0.05, 0) is 50.1 Å². The summed E-state index contributed by atoms with van der Waals surface area (Å²) in [6.07, 6.45) is -0.837. The molecule has 0 aliphatic rings. The Bertz CT molecular complexity index is 1240. The van der Waals surface area contributed by atoms with E-state index in [4.69, 9.17) is 4.74 Å². The van der Waals surface area contributed by atoms with Gasteiger partial charge in [0, 0.05) is 18.3 Å². The molecule has 0 fully saturated rings. The number of benzene rings is 2. The molecule has 0 unspecified atom stereocenters. The van der Waals surface area contributed by atoms with E-state index in [2.05, 4.69) is 15.4 Å². The maximum absolute atomic E-state index is 13.4. The van der Waals surface area contributed by atoms with Crippen LogP contribution < -0.4 is 10.1 Å². The molecule has 0 saturated carbocycles. The minimum atomic E-state index is -0.837. The zero-order chi connectivity index (χ0) is 22.0. The Labute approximate surface area is 179 Å². The summed E-state index contributed by atoms with van der Waals surface area (Å²) in [7, 11) is 0. The van der Waals surface area contributed by atoms with Crippen molar-refractivity contribution in [3.63, 3.8) is 0 Å². The molecule has 158 valence electrons. The molecule has 31 heavy (non-hydrogen) atoms. The average Bonchev–Trinajstić information content (AvgIpc) is 3.09. The summed E-state index contributed by atoms with van der Waals surface area (Å²) in [4.78, 5) is 17.2. The van der Waals surface area contributed by atoms with Crippen molar-refractivity contribution < 1.29 is 13.9 Å². The standard InChI is InChI=1S/C24H23FN4O2/c1-4-29-23-22(15(2)28-29)20(17-9-6-5-7-10-17)14-21(27-23)31-16(3)24(30)26-19-12-8-11-18(25)13-19/h5-14,16H,4H2,1-3H3,(H,26,30)/t16-/m1/s1. The number of nitrogens with one attached hydrogen (secondary N) is 1. The van der Waals surface area contributed by atoms with E-state index in [1.165, 1.54) is 18.2 Å². The van der Waals surface area contributed by atoms with E-state index in [1.54, 1.807) is 13.0 Å². The van der Waals surface area contributed by atoms with Crippen LogP contribution in [0.2, 0.25) is 0 Å². The third kappa shape index (κ3) is 4.26. The van der Waals surface area contributed by atoms with Gasteiger partial charge in [0.05, 0.1) is 11.1 Å². The van der Waals surface area contributed by atoms with Crippen molar-refractivity contribution in [3.05, 3.63) is 72.2 Å². The van der Waals surface area contributed by atoms with Crippen LogP contribution >= 0.6 is 0 Å². The molecular weight excluding hydrogens is 395 g/mol. The van der Waals surface area contributed by atoms with Crippen molar-refractivity contribution in [1.29, 1.82) is 0 Å². The fourth-order valence-corrected chi connectivity index (χ4v) is 3.50. The number of aromatic nitrogens is 3. The molecule has 1 atom stereocenters. The lowest BCUT2D eigenvalue weighted by Gasteiger charge is -2.15. The maximum atomic E-state index is 13.4. The van der Waals surface area contributed by atoms with Crippen LogP contribution in [-0.4, -0.2) is 26.8 Å². The Morgan fingerprint density at radius 3 is 2.65 bits per heavy atom. The van der Waals surface area contributed by atoms with Crippen molar-refractivity contribution in [3.8, 4) is 17.0 Å². The quantitative estimate of drug-likeness (QED) is 0.480. The molecule has 0 saturated heterocycles. The Kier molecular flexibility index (Phi) is 5.66. The number of rotatable bonds is 6. The van der Waals surface area contributed by atoms with E-state index in [-0.39, 0.29) is 0 Å². The first-order valence-corrected chi connectivity index (χ1v) is 10.1. The molecule has 1 amide bonds. The van der Waals surface area contributed by atoms with Crippen molar-refractivity contribution in [2.24, 2.45) is 0 Å². The van der Waals surface area contributed by atoms with Crippen molar-refractivity contribution in [1.82, 2.24) is 14.8 Å². The molecular formula is C24H23FN4O2. The van der Waals surface area contributed by atoms with Gasteiger partial charge in [0.1, 0.15) is 5.82 Å². The van der Waals surface area contributed by atoms with Crippen molar-refractivity contribution >= 4 is 22.6 Å². The summed E-state index contributed by atoms with van der Waals surface area (Å²) in [6.45, 7) is 6.24. The first-order valence-electron chi connectivity index (χ1n) is 10.1. The van der Waals surface area contributed by atoms with Gasteiger partial charge in [-0.15, -0.1) is 0 Å². The molecule has 7 heteroatoms. The number of halogens is 1. The number of nitrogens with zero attached hydrogens (tertiary/aromatic N) is 3. The highest BCUT2D eigenvalue weighted by Crippen LogP contribution is 2.33. The molecule has 0 radical (unpaired) electrons. The number of aryl methyl sites for hydroxylation is 2. The van der Waals surface area contributed by atoms with Crippen LogP contribution in [0.4, 0.5) is 10.1 Å². The molecule has 0 bridgehead atoms. The molecule has 0 spiro atoms. The smallest absolute Gasteiger partial charge is 0.265 e. The molecule has 2 heterocycles. The number of hydrogen-bond acceptors (Lipinski definition) is 4. The Morgan fingerprint density at radius 1 is 1.16 bits per heavy atom. The highest BCUT2D eigenvalue weighted by atomic mass is 19.1. The summed E-state index contributed by atoms with van der Waals surface area (Å²) < 4.78 is 21.1. The number of pyridine rings is 1. The number of fused-ring (bicyclic) bond motifs is 1. The summed E-state index contributed by atoms with van der Waals surface area (Å²) in [5, 5.41) is 8.22. The van der Waals surface area contributed by atoms with Gasteiger partial charge in [-0.2, -0.15) is 10.1 Å². The maximum Gasteiger partial charge on any atom is 0.265 e. The summed E-state index contributed by atoms with van der Waals surface area (Å²) in [5.74, 6) is -0.494. The molecule has 2 aromatic carbocycles. The van der Waals surface area contributed by atoms with Gasteiger partial charge in [0.25, 0.3) is 5.91 Å². The van der Waals surface area contributed by atoms with Gasteiger partial charge < -0.3 is 10.1 Å².